The highest BCUT2D eigenvalue weighted by atomic mass is 32.2. The third-order valence-corrected chi connectivity index (χ3v) is 5.69. The highest BCUT2D eigenvalue weighted by Gasteiger charge is 2.19. The molecule has 2 N–H and O–H groups in total. The summed E-state index contributed by atoms with van der Waals surface area (Å²) in [6.45, 7) is 1.83. The van der Waals surface area contributed by atoms with Crippen molar-refractivity contribution in [2.45, 2.75) is 18.1 Å². The lowest BCUT2D eigenvalue weighted by atomic mass is 10.2. The second-order valence-electron chi connectivity index (χ2n) is 6.86. The Balaban J connectivity index is 1.58. The zero-order valence-electron chi connectivity index (χ0n) is 18.3. The van der Waals surface area contributed by atoms with E-state index >= 15 is 0 Å². The largest absolute Gasteiger partial charge is 0.497 e. The summed E-state index contributed by atoms with van der Waals surface area (Å²) in [4.78, 5) is 24.9. The van der Waals surface area contributed by atoms with E-state index in [2.05, 4.69) is 20.8 Å². The van der Waals surface area contributed by atoms with Crippen molar-refractivity contribution in [1.82, 2.24) is 20.1 Å². The lowest BCUT2D eigenvalue weighted by molar-refractivity contribution is -0.113. The Morgan fingerprint density at radius 1 is 1.06 bits per heavy atom. The molecule has 0 aliphatic heterocycles. The summed E-state index contributed by atoms with van der Waals surface area (Å²) in [5.74, 6) is 1.59. The summed E-state index contributed by atoms with van der Waals surface area (Å²) in [5, 5.41) is 14.6. The van der Waals surface area contributed by atoms with E-state index in [1.165, 1.54) is 11.8 Å². The summed E-state index contributed by atoms with van der Waals surface area (Å²) in [6, 6.07) is 13.7. The molecule has 32 heavy (non-hydrogen) atoms. The van der Waals surface area contributed by atoms with Crippen LogP contribution >= 0.6 is 11.8 Å². The van der Waals surface area contributed by atoms with Gasteiger partial charge in [0.2, 0.25) is 5.91 Å². The lowest BCUT2D eigenvalue weighted by Crippen LogP contribution is -2.28. The first-order chi connectivity index (χ1) is 15.4. The number of hydrogen-bond acceptors (Lipinski definition) is 7. The second kappa shape index (κ2) is 10.7. The second-order valence-corrected chi connectivity index (χ2v) is 7.80. The Labute approximate surface area is 190 Å². The van der Waals surface area contributed by atoms with Crippen LogP contribution in [-0.2, 0) is 11.8 Å². The summed E-state index contributed by atoms with van der Waals surface area (Å²) >= 11 is 1.26. The molecule has 0 saturated carbocycles. The van der Waals surface area contributed by atoms with Crippen LogP contribution in [0.2, 0.25) is 0 Å². The third kappa shape index (κ3) is 5.58. The van der Waals surface area contributed by atoms with E-state index in [4.69, 9.17) is 9.47 Å². The molecule has 3 aromatic rings. The molecule has 0 radical (unpaired) electrons. The smallest absolute Gasteiger partial charge is 0.251 e. The minimum absolute atomic E-state index is 0.149. The van der Waals surface area contributed by atoms with Crippen molar-refractivity contribution in [3.8, 4) is 11.5 Å². The summed E-state index contributed by atoms with van der Waals surface area (Å²) in [6.07, 6.45) is 0. The van der Waals surface area contributed by atoms with Crippen LogP contribution in [0.5, 0.6) is 11.5 Å². The number of para-hydroxylation sites is 2. The number of methoxy groups -OCH3 is 2. The number of ether oxygens (including phenoxy) is 2. The van der Waals surface area contributed by atoms with Gasteiger partial charge in [0.25, 0.3) is 5.91 Å². The Morgan fingerprint density at radius 2 is 1.78 bits per heavy atom. The minimum atomic E-state index is -0.376. The van der Waals surface area contributed by atoms with Gasteiger partial charge in [0, 0.05) is 12.6 Å². The van der Waals surface area contributed by atoms with Crippen molar-refractivity contribution in [2.75, 3.05) is 25.3 Å². The van der Waals surface area contributed by atoms with E-state index in [-0.39, 0.29) is 23.6 Å². The van der Waals surface area contributed by atoms with Crippen LogP contribution in [0.25, 0.3) is 0 Å². The Kier molecular flexibility index (Phi) is 7.72. The molecule has 2 amide bonds. The first kappa shape index (κ1) is 23.1. The zero-order valence-corrected chi connectivity index (χ0v) is 19.1. The maximum atomic E-state index is 12.5. The predicted molar refractivity (Wildman–Crippen MR) is 122 cm³/mol. The molecule has 3 rings (SSSR count). The van der Waals surface area contributed by atoms with Gasteiger partial charge in [0.05, 0.1) is 31.7 Å². The molecular formula is C22H25N5O4S. The average Bonchev–Trinajstić information content (AvgIpc) is 3.18. The van der Waals surface area contributed by atoms with Gasteiger partial charge in [-0.25, -0.2) is 0 Å². The predicted octanol–water partition coefficient (Wildman–Crippen LogP) is 3.05. The summed E-state index contributed by atoms with van der Waals surface area (Å²) in [7, 11) is 4.92. The monoisotopic (exact) mass is 455 g/mol. The number of rotatable bonds is 9. The van der Waals surface area contributed by atoms with Crippen molar-refractivity contribution >= 4 is 29.3 Å². The molecule has 0 aliphatic carbocycles. The molecule has 9 nitrogen and oxygen atoms in total. The van der Waals surface area contributed by atoms with Gasteiger partial charge in [-0.2, -0.15) is 0 Å². The van der Waals surface area contributed by atoms with Gasteiger partial charge in [0.1, 0.15) is 11.5 Å². The van der Waals surface area contributed by atoms with Crippen molar-refractivity contribution in [2.24, 2.45) is 7.05 Å². The SMILES string of the molecule is COc1ccc(C(=O)NC(C)c2nnc(SCC(=O)Nc3ccccc3OC)n2C)cc1. The van der Waals surface area contributed by atoms with E-state index in [9.17, 15) is 9.59 Å². The number of aromatic nitrogens is 3. The van der Waals surface area contributed by atoms with Crippen molar-refractivity contribution in [3.05, 3.63) is 59.9 Å². The number of carbonyl (C=O) groups is 2. The number of nitrogens with one attached hydrogen (secondary N) is 2. The Hall–Kier alpha value is -3.53. The fourth-order valence-electron chi connectivity index (χ4n) is 2.98. The van der Waals surface area contributed by atoms with Gasteiger partial charge in [0.15, 0.2) is 11.0 Å². The molecule has 1 aromatic heterocycles. The maximum absolute atomic E-state index is 12.5. The van der Waals surface area contributed by atoms with Crippen molar-refractivity contribution < 1.29 is 19.1 Å². The van der Waals surface area contributed by atoms with Gasteiger partial charge in [-0.15, -0.1) is 10.2 Å². The third-order valence-electron chi connectivity index (χ3n) is 4.67. The maximum Gasteiger partial charge on any atom is 0.251 e. The molecule has 1 unspecified atom stereocenters. The number of hydrogen-bond donors (Lipinski definition) is 2. The molecule has 0 fully saturated rings. The molecule has 0 aliphatic rings. The van der Waals surface area contributed by atoms with E-state index < -0.39 is 0 Å². The number of thioether (sulfide) groups is 1. The first-order valence-corrected chi connectivity index (χ1v) is 10.8. The first-order valence-electron chi connectivity index (χ1n) is 9.82. The molecular weight excluding hydrogens is 430 g/mol. The van der Waals surface area contributed by atoms with Gasteiger partial charge in [-0.1, -0.05) is 23.9 Å². The van der Waals surface area contributed by atoms with Crippen LogP contribution in [0.1, 0.15) is 29.1 Å². The highest BCUT2D eigenvalue weighted by molar-refractivity contribution is 7.99. The topological polar surface area (TPSA) is 107 Å². The number of carbonyl (C=O) groups excluding carboxylic acids is 2. The molecule has 168 valence electrons. The Bertz CT molecular complexity index is 1080. The molecule has 0 bridgehead atoms. The standard InChI is InChI=1S/C22H25N5O4S/c1-14(23-21(29)15-9-11-16(30-3)12-10-15)20-25-26-22(27(20)2)32-13-19(28)24-17-7-5-6-8-18(17)31-4/h5-12,14H,13H2,1-4H3,(H,23,29)(H,24,28). The normalized spacial score (nSPS) is 11.5. The van der Waals surface area contributed by atoms with E-state index in [0.29, 0.717) is 33.7 Å². The summed E-state index contributed by atoms with van der Waals surface area (Å²) in [5.41, 5.74) is 1.12. The van der Waals surface area contributed by atoms with Crippen molar-refractivity contribution in [3.63, 3.8) is 0 Å². The van der Waals surface area contributed by atoms with Crippen molar-refractivity contribution in [1.29, 1.82) is 0 Å². The fraction of sp³-hybridized carbons (Fsp3) is 0.273. The zero-order chi connectivity index (χ0) is 23.1. The van der Waals surface area contributed by atoms with E-state index in [1.54, 1.807) is 62.2 Å². The van der Waals surface area contributed by atoms with E-state index in [1.807, 2.05) is 19.1 Å². The van der Waals surface area contributed by atoms with Crippen LogP contribution in [0.15, 0.2) is 53.7 Å². The Morgan fingerprint density at radius 3 is 2.47 bits per heavy atom. The van der Waals surface area contributed by atoms with Crippen LogP contribution in [-0.4, -0.2) is 46.6 Å². The molecule has 1 heterocycles. The van der Waals surface area contributed by atoms with Gasteiger partial charge in [-0.05, 0) is 43.3 Å². The lowest BCUT2D eigenvalue weighted by Gasteiger charge is -2.14. The van der Waals surface area contributed by atoms with Gasteiger partial charge >= 0.3 is 0 Å². The van der Waals surface area contributed by atoms with Crippen LogP contribution in [0, 0.1) is 0 Å². The number of anilines is 1. The molecule has 1 atom stereocenters. The molecule has 2 aromatic carbocycles. The number of benzene rings is 2. The van der Waals surface area contributed by atoms with Gasteiger partial charge < -0.3 is 24.7 Å². The minimum Gasteiger partial charge on any atom is -0.497 e. The molecule has 0 spiro atoms. The quantitative estimate of drug-likeness (QED) is 0.478. The molecule has 0 saturated heterocycles. The van der Waals surface area contributed by atoms with Crippen LogP contribution < -0.4 is 20.1 Å². The molecule has 10 heteroatoms. The highest BCUT2D eigenvalue weighted by Crippen LogP contribution is 2.24. The number of amides is 2. The number of nitrogens with zero attached hydrogens (tertiary/aromatic N) is 3. The van der Waals surface area contributed by atoms with Crippen LogP contribution in [0.4, 0.5) is 5.69 Å². The fourth-order valence-corrected chi connectivity index (χ4v) is 3.70. The van der Waals surface area contributed by atoms with E-state index in [0.717, 1.165) is 0 Å². The van der Waals surface area contributed by atoms with Gasteiger partial charge in [-0.3, -0.25) is 9.59 Å². The average molecular weight is 456 g/mol. The van der Waals surface area contributed by atoms with Crippen LogP contribution in [0.3, 0.4) is 0 Å². The summed E-state index contributed by atoms with van der Waals surface area (Å²) < 4.78 is 12.1.